The van der Waals surface area contributed by atoms with Crippen LogP contribution >= 0.6 is 0 Å². The summed E-state index contributed by atoms with van der Waals surface area (Å²) in [6.07, 6.45) is 2.93. The molecule has 0 spiro atoms. The minimum Gasteiger partial charge on any atom is -0.406 e. The maximum absolute atomic E-state index is 12.0. The standard InChI is InChI=1S/C11H18N4O4S/c1-11(2,20(3,17)18)9(16)13-10-15-14-8(19-10)7-5-4-6-12-7/h7,12H,4-6H2,1-3H3,(H,13,15,16). The van der Waals surface area contributed by atoms with Crippen molar-refractivity contribution in [1.29, 1.82) is 0 Å². The van der Waals surface area contributed by atoms with E-state index in [2.05, 4.69) is 20.8 Å². The van der Waals surface area contributed by atoms with Gasteiger partial charge in [0.2, 0.25) is 11.8 Å². The van der Waals surface area contributed by atoms with Crippen LogP contribution in [0.1, 0.15) is 38.6 Å². The zero-order chi connectivity index (χ0) is 15.0. The van der Waals surface area contributed by atoms with E-state index >= 15 is 0 Å². The van der Waals surface area contributed by atoms with Crippen molar-refractivity contribution < 1.29 is 17.6 Å². The summed E-state index contributed by atoms with van der Waals surface area (Å²) < 4.78 is 26.9. The van der Waals surface area contributed by atoms with Crippen molar-refractivity contribution in [2.24, 2.45) is 0 Å². The highest BCUT2D eigenvalue weighted by Gasteiger charge is 2.39. The molecule has 1 unspecified atom stereocenters. The first kappa shape index (κ1) is 14.9. The van der Waals surface area contributed by atoms with Crippen LogP contribution in [-0.2, 0) is 14.6 Å². The average molecular weight is 302 g/mol. The van der Waals surface area contributed by atoms with Gasteiger partial charge in [-0.15, -0.1) is 5.10 Å². The van der Waals surface area contributed by atoms with E-state index in [-0.39, 0.29) is 12.1 Å². The molecule has 2 heterocycles. The van der Waals surface area contributed by atoms with Gasteiger partial charge in [0, 0.05) is 6.26 Å². The number of hydrogen-bond donors (Lipinski definition) is 2. The Kier molecular flexibility index (Phi) is 3.83. The minimum absolute atomic E-state index is 0.00364. The molecule has 0 radical (unpaired) electrons. The molecule has 1 aromatic heterocycles. The summed E-state index contributed by atoms with van der Waals surface area (Å²) in [6.45, 7) is 3.54. The fourth-order valence-electron chi connectivity index (χ4n) is 1.74. The van der Waals surface area contributed by atoms with Crippen molar-refractivity contribution in [2.45, 2.75) is 37.5 Å². The van der Waals surface area contributed by atoms with Gasteiger partial charge in [0.05, 0.1) is 6.04 Å². The monoisotopic (exact) mass is 302 g/mol. The largest absolute Gasteiger partial charge is 0.406 e. The Morgan fingerprint density at radius 2 is 2.15 bits per heavy atom. The second-order valence-corrected chi connectivity index (χ2v) is 7.90. The lowest BCUT2D eigenvalue weighted by molar-refractivity contribution is -0.118. The molecule has 9 heteroatoms. The van der Waals surface area contributed by atoms with E-state index in [1.165, 1.54) is 13.8 Å². The molecular weight excluding hydrogens is 284 g/mol. The van der Waals surface area contributed by atoms with Crippen molar-refractivity contribution in [2.75, 3.05) is 18.1 Å². The molecule has 1 aliphatic rings. The molecule has 0 aliphatic carbocycles. The van der Waals surface area contributed by atoms with Crippen LogP contribution in [0.4, 0.5) is 6.01 Å². The van der Waals surface area contributed by atoms with Crippen LogP contribution in [0.15, 0.2) is 4.42 Å². The molecule has 20 heavy (non-hydrogen) atoms. The number of hydrogen-bond acceptors (Lipinski definition) is 7. The van der Waals surface area contributed by atoms with Crippen LogP contribution in [0, 0.1) is 0 Å². The second kappa shape index (κ2) is 5.13. The molecule has 112 valence electrons. The van der Waals surface area contributed by atoms with Gasteiger partial charge in [0.1, 0.15) is 4.75 Å². The van der Waals surface area contributed by atoms with E-state index in [0.29, 0.717) is 5.89 Å². The summed E-state index contributed by atoms with van der Waals surface area (Å²) in [5.41, 5.74) is 0. The Labute approximate surface area is 117 Å². The maximum atomic E-state index is 12.0. The van der Waals surface area contributed by atoms with Crippen LogP contribution < -0.4 is 10.6 Å². The summed E-state index contributed by atoms with van der Waals surface area (Å²) in [6, 6.07) is -0.0912. The molecule has 0 bridgehead atoms. The quantitative estimate of drug-likeness (QED) is 0.819. The van der Waals surface area contributed by atoms with Gasteiger partial charge in [-0.2, -0.15) is 0 Å². The first-order chi connectivity index (χ1) is 9.22. The highest BCUT2D eigenvalue weighted by Crippen LogP contribution is 2.24. The molecule has 1 amide bonds. The lowest BCUT2D eigenvalue weighted by atomic mass is 10.2. The van der Waals surface area contributed by atoms with Gasteiger partial charge in [-0.3, -0.25) is 10.1 Å². The first-order valence-corrected chi connectivity index (χ1v) is 8.19. The van der Waals surface area contributed by atoms with Crippen LogP contribution in [0.25, 0.3) is 0 Å². The Balaban J connectivity index is 2.09. The minimum atomic E-state index is -3.54. The molecule has 1 fully saturated rings. The van der Waals surface area contributed by atoms with E-state index < -0.39 is 20.5 Å². The number of aromatic nitrogens is 2. The van der Waals surface area contributed by atoms with Crippen LogP contribution in [-0.4, -0.2) is 42.1 Å². The smallest absolute Gasteiger partial charge is 0.322 e. The van der Waals surface area contributed by atoms with Crippen molar-refractivity contribution in [3.8, 4) is 0 Å². The Hall–Kier alpha value is -1.48. The van der Waals surface area contributed by atoms with Crippen molar-refractivity contribution in [1.82, 2.24) is 15.5 Å². The van der Waals surface area contributed by atoms with E-state index in [9.17, 15) is 13.2 Å². The molecule has 2 rings (SSSR count). The Morgan fingerprint density at radius 3 is 2.70 bits per heavy atom. The third kappa shape index (κ3) is 2.83. The molecule has 1 saturated heterocycles. The van der Waals surface area contributed by atoms with E-state index in [1.54, 1.807) is 0 Å². The van der Waals surface area contributed by atoms with Gasteiger partial charge in [-0.25, -0.2) is 8.42 Å². The lowest BCUT2D eigenvalue weighted by Crippen LogP contribution is -2.43. The highest BCUT2D eigenvalue weighted by atomic mass is 32.2. The summed E-state index contributed by atoms with van der Waals surface area (Å²) in [4.78, 5) is 12.0. The van der Waals surface area contributed by atoms with Crippen molar-refractivity contribution in [3.05, 3.63) is 5.89 Å². The van der Waals surface area contributed by atoms with Gasteiger partial charge in [0.25, 0.3) is 0 Å². The van der Waals surface area contributed by atoms with Crippen molar-refractivity contribution >= 4 is 21.8 Å². The molecular formula is C11H18N4O4S. The zero-order valence-corrected chi connectivity index (χ0v) is 12.5. The van der Waals surface area contributed by atoms with Crippen molar-refractivity contribution in [3.63, 3.8) is 0 Å². The van der Waals surface area contributed by atoms with E-state index in [4.69, 9.17) is 4.42 Å². The SMILES string of the molecule is CC(C)(C(=O)Nc1nnc(C2CCCN2)o1)S(C)(=O)=O. The highest BCUT2D eigenvalue weighted by molar-refractivity contribution is 7.92. The van der Waals surface area contributed by atoms with E-state index in [0.717, 1.165) is 25.6 Å². The number of amides is 1. The number of rotatable bonds is 4. The molecule has 1 aliphatic heterocycles. The molecule has 0 aromatic carbocycles. The maximum Gasteiger partial charge on any atom is 0.322 e. The summed E-state index contributed by atoms with van der Waals surface area (Å²) in [5.74, 6) is -0.301. The third-order valence-corrected chi connectivity index (χ3v) is 5.53. The van der Waals surface area contributed by atoms with Gasteiger partial charge >= 0.3 is 6.01 Å². The van der Waals surface area contributed by atoms with Gasteiger partial charge in [0.15, 0.2) is 9.84 Å². The average Bonchev–Trinajstić information content (AvgIpc) is 2.96. The van der Waals surface area contributed by atoms with Gasteiger partial charge < -0.3 is 9.73 Å². The molecule has 1 aromatic rings. The predicted octanol–water partition coefficient (Wildman–Crippen LogP) is 0.256. The van der Waals surface area contributed by atoms with Crippen LogP contribution in [0.3, 0.4) is 0 Å². The zero-order valence-electron chi connectivity index (χ0n) is 11.6. The Morgan fingerprint density at radius 1 is 1.45 bits per heavy atom. The fraction of sp³-hybridized carbons (Fsp3) is 0.727. The third-order valence-electron chi connectivity index (χ3n) is 3.49. The predicted molar refractivity (Wildman–Crippen MR) is 71.8 cm³/mol. The van der Waals surface area contributed by atoms with Crippen LogP contribution in [0.5, 0.6) is 0 Å². The normalized spacial score (nSPS) is 20.1. The van der Waals surface area contributed by atoms with Gasteiger partial charge in [-0.1, -0.05) is 5.10 Å². The lowest BCUT2D eigenvalue weighted by Gasteiger charge is -2.19. The molecule has 0 saturated carbocycles. The summed E-state index contributed by atoms with van der Waals surface area (Å²) >= 11 is 0. The number of nitrogens with one attached hydrogen (secondary N) is 2. The summed E-state index contributed by atoms with van der Waals surface area (Å²) in [7, 11) is -3.54. The molecule has 1 atom stereocenters. The molecule has 2 N–H and O–H groups in total. The number of carbonyl (C=O) groups is 1. The van der Waals surface area contributed by atoms with Gasteiger partial charge in [-0.05, 0) is 33.2 Å². The summed E-state index contributed by atoms with van der Waals surface area (Å²) in [5, 5.41) is 13.1. The molecule has 8 nitrogen and oxygen atoms in total. The number of sulfone groups is 1. The number of carbonyl (C=O) groups excluding carboxylic acids is 1. The van der Waals surface area contributed by atoms with Crippen LogP contribution in [0.2, 0.25) is 0 Å². The Bertz CT molecular complexity index is 602. The fourth-order valence-corrected chi connectivity index (χ4v) is 2.13. The number of anilines is 1. The number of nitrogens with zero attached hydrogens (tertiary/aromatic N) is 2. The topological polar surface area (TPSA) is 114 Å². The van der Waals surface area contributed by atoms with E-state index in [1.807, 2.05) is 0 Å². The second-order valence-electron chi connectivity index (χ2n) is 5.33. The first-order valence-electron chi connectivity index (χ1n) is 6.29.